The van der Waals surface area contributed by atoms with E-state index >= 15 is 0 Å². The van der Waals surface area contributed by atoms with Crippen LogP contribution in [-0.2, 0) is 30.3 Å². The van der Waals surface area contributed by atoms with Crippen molar-refractivity contribution < 1.29 is 43.2 Å². The molecule has 44 heavy (non-hydrogen) atoms. The molecule has 1 fully saturated rings. The molecule has 0 radical (unpaired) electrons. The number of benzene rings is 4. The average Bonchev–Trinajstić information content (AvgIpc) is 3.07. The molecule has 1 aliphatic rings. The second kappa shape index (κ2) is 14.1. The smallest absolute Gasteiger partial charge is 0.338 e. The van der Waals surface area contributed by atoms with E-state index in [1.165, 1.54) is 6.92 Å². The molecule has 4 aromatic carbocycles. The number of carbonyl (C=O) groups excluding carboxylic acids is 3. The number of aliphatic hydroxyl groups is 1. The lowest BCUT2D eigenvalue weighted by Gasteiger charge is -2.48. The van der Waals surface area contributed by atoms with E-state index in [4.69, 9.17) is 23.7 Å². The van der Waals surface area contributed by atoms with Crippen molar-refractivity contribution in [3.63, 3.8) is 0 Å². The van der Waals surface area contributed by atoms with Gasteiger partial charge < -0.3 is 28.8 Å². The first-order valence-corrected chi connectivity index (χ1v) is 14.1. The Bertz CT molecular complexity index is 1530. The third kappa shape index (κ3) is 7.38. The number of hydrogen-bond donors (Lipinski definition) is 1. The molecule has 226 valence electrons. The Morgan fingerprint density at radius 3 is 1.64 bits per heavy atom. The number of ether oxygens (including phenoxy) is 5. The van der Waals surface area contributed by atoms with Crippen molar-refractivity contribution in [1.29, 1.82) is 0 Å². The summed E-state index contributed by atoms with van der Waals surface area (Å²) in [6.07, 6.45) is -5.69. The van der Waals surface area contributed by atoms with Crippen LogP contribution in [0.3, 0.4) is 0 Å². The zero-order valence-electron chi connectivity index (χ0n) is 24.0. The van der Waals surface area contributed by atoms with Crippen molar-refractivity contribution in [2.24, 2.45) is 0 Å². The zero-order chi connectivity index (χ0) is 30.9. The van der Waals surface area contributed by atoms with Crippen LogP contribution in [0.5, 0.6) is 0 Å². The second-order valence-corrected chi connectivity index (χ2v) is 10.5. The molecule has 4 aromatic rings. The summed E-state index contributed by atoms with van der Waals surface area (Å²) in [5, 5.41) is 11.3. The normalized spacial score (nSPS) is 22.9. The number of aliphatic hydroxyl groups excluding tert-OH is 1. The Kier molecular flexibility index (Phi) is 9.81. The number of rotatable bonds is 10. The van der Waals surface area contributed by atoms with Gasteiger partial charge in [-0.1, -0.05) is 84.9 Å². The molecule has 1 N–H and O–H groups in total. The van der Waals surface area contributed by atoms with Crippen molar-refractivity contribution in [3.05, 3.63) is 144 Å². The maximum atomic E-state index is 13.4. The summed E-state index contributed by atoms with van der Waals surface area (Å²) in [7, 11) is 0. The van der Waals surface area contributed by atoms with Crippen LogP contribution in [0.25, 0.3) is 0 Å². The molecule has 0 unspecified atom stereocenters. The summed E-state index contributed by atoms with van der Waals surface area (Å²) in [5.41, 5.74) is -0.0409. The highest BCUT2D eigenvalue weighted by Gasteiger charge is 2.57. The molecule has 0 aliphatic carbocycles. The molecule has 1 saturated heterocycles. The first-order chi connectivity index (χ1) is 21.3. The molecular weight excluding hydrogens is 564 g/mol. The SMILES string of the molecule is C[C@]1(COC(=O)c2ccccc2)O[C@@H](O)[C@H](OC(=O)c2ccccc2)[C@@H](OCc2ccccc2)[C@@H]1OC(=O)c1ccccc1. The Balaban J connectivity index is 1.48. The summed E-state index contributed by atoms with van der Waals surface area (Å²) in [6.45, 7) is 1.14. The van der Waals surface area contributed by atoms with E-state index in [0.717, 1.165) is 5.56 Å². The van der Waals surface area contributed by atoms with Crippen LogP contribution in [0.4, 0.5) is 0 Å². The van der Waals surface area contributed by atoms with Gasteiger partial charge in [-0.25, -0.2) is 14.4 Å². The average molecular weight is 597 g/mol. The van der Waals surface area contributed by atoms with Gasteiger partial charge in [-0.3, -0.25) is 0 Å². The fourth-order valence-corrected chi connectivity index (χ4v) is 4.86. The van der Waals surface area contributed by atoms with E-state index in [-0.39, 0.29) is 17.7 Å². The molecule has 0 amide bonds. The largest absolute Gasteiger partial charge is 0.459 e. The monoisotopic (exact) mass is 596 g/mol. The van der Waals surface area contributed by atoms with Crippen LogP contribution >= 0.6 is 0 Å². The van der Waals surface area contributed by atoms with Crippen LogP contribution < -0.4 is 0 Å². The van der Waals surface area contributed by atoms with Gasteiger partial charge in [0.05, 0.1) is 23.3 Å². The molecule has 5 atom stereocenters. The molecule has 5 rings (SSSR count). The van der Waals surface area contributed by atoms with Crippen molar-refractivity contribution in [2.75, 3.05) is 6.61 Å². The second-order valence-electron chi connectivity index (χ2n) is 10.5. The first kappa shape index (κ1) is 30.6. The maximum absolute atomic E-state index is 13.4. The predicted octanol–water partition coefficient (Wildman–Crippen LogP) is 4.99. The molecule has 1 heterocycles. The van der Waals surface area contributed by atoms with E-state index in [1.54, 1.807) is 91.0 Å². The Hall–Kier alpha value is -4.83. The molecule has 0 saturated carbocycles. The third-order valence-electron chi connectivity index (χ3n) is 7.18. The zero-order valence-corrected chi connectivity index (χ0v) is 24.0. The minimum atomic E-state index is -1.73. The molecular formula is C35H32O9. The number of carbonyl (C=O) groups is 3. The predicted molar refractivity (Wildman–Crippen MR) is 159 cm³/mol. The van der Waals surface area contributed by atoms with Gasteiger partial charge in [0.15, 0.2) is 18.5 Å². The van der Waals surface area contributed by atoms with Crippen LogP contribution in [0.1, 0.15) is 43.6 Å². The molecule has 0 bridgehead atoms. The van der Waals surface area contributed by atoms with E-state index in [2.05, 4.69) is 0 Å². The summed E-state index contributed by atoms with van der Waals surface area (Å²) < 4.78 is 29.7. The minimum Gasteiger partial charge on any atom is -0.459 e. The fourth-order valence-electron chi connectivity index (χ4n) is 4.86. The highest BCUT2D eigenvalue weighted by molar-refractivity contribution is 5.90. The first-order valence-electron chi connectivity index (χ1n) is 14.1. The fraction of sp³-hybridized carbons (Fsp3) is 0.229. The standard InChI is InChI=1S/C35H32O9/c1-35(23-41-31(36)25-16-8-3-9-17-25)30(43-33(38)27-20-12-5-13-21-27)28(40-22-24-14-6-2-7-15-24)29(34(39)44-35)42-32(37)26-18-10-4-11-19-26/h2-21,28-30,34,39H,22-23H2,1H3/t28-,29-,30+,34-,35-/m1/s1. The summed E-state index contributed by atoms with van der Waals surface area (Å²) in [4.78, 5) is 39.4. The molecule has 0 aromatic heterocycles. The van der Waals surface area contributed by atoms with E-state index in [9.17, 15) is 19.5 Å². The van der Waals surface area contributed by atoms with Gasteiger partial charge in [-0.05, 0) is 48.9 Å². The van der Waals surface area contributed by atoms with Gasteiger partial charge in [-0.15, -0.1) is 0 Å². The van der Waals surface area contributed by atoms with Crippen molar-refractivity contribution in [1.82, 2.24) is 0 Å². The van der Waals surface area contributed by atoms with Crippen LogP contribution in [0, 0.1) is 0 Å². The quantitative estimate of drug-likeness (QED) is 0.200. The third-order valence-corrected chi connectivity index (χ3v) is 7.18. The topological polar surface area (TPSA) is 118 Å². The van der Waals surface area contributed by atoms with Gasteiger partial charge in [0.25, 0.3) is 0 Å². The lowest BCUT2D eigenvalue weighted by molar-refractivity contribution is -0.326. The van der Waals surface area contributed by atoms with Crippen molar-refractivity contribution in [2.45, 2.75) is 43.7 Å². The highest BCUT2D eigenvalue weighted by atomic mass is 16.7. The Morgan fingerprint density at radius 2 is 1.11 bits per heavy atom. The lowest BCUT2D eigenvalue weighted by Crippen LogP contribution is -2.67. The van der Waals surface area contributed by atoms with Crippen LogP contribution in [-0.4, -0.2) is 59.8 Å². The number of esters is 3. The van der Waals surface area contributed by atoms with Gasteiger partial charge in [0, 0.05) is 0 Å². The van der Waals surface area contributed by atoms with Crippen molar-refractivity contribution >= 4 is 17.9 Å². The highest BCUT2D eigenvalue weighted by Crippen LogP contribution is 2.36. The van der Waals surface area contributed by atoms with Gasteiger partial charge in [-0.2, -0.15) is 0 Å². The maximum Gasteiger partial charge on any atom is 0.338 e. The Labute approximate surface area is 254 Å². The van der Waals surface area contributed by atoms with Gasteiger partial charge in [0.1, 0.15) is 18.3 Å². The van der Waals surface area contributed by atoms with Crippen LogP contribution in [0.15, 0.2) is 121 Å². The lowest BCUT2D eigenvalue weighted by atomic mass is 9.88. The summed E-state index contributed by atoms with van der Waals surface area (Å²) >= 11 is 0. The molecule has 1 aliphatic heterocycles. The van der Waals surface area contributed by atoms with E-state index in [0.29, 0.717) is 5.56 Å². The van der Waals surface area contributed by atoms with Gasteiger partial charge in [0.2, 0.25) is 0 Å². The van der Waals surface area contributed by atoms with Crippen LogP contribution in [0.2, 0.25) is 0 Å². The summed E-state index contributed by atoms with van der Waals surface area (Å²) in [6, 6.07) is 34.1. The molecule has 9 nitrogen and oxygen atoms in total. The molecule has 9 heteroatoms. The van der Waals surface area contributed by atoms with Gasteiger partial charge >= 0.3 is 17.9 Å². The Morgan fingerprint density at radius 1 is 0.659 bits per heavy atom. The number of hydrogen-bond acceptors (Lipinski definition) is 9. The van der Waals surface area contributed by atoms with E-state index < -0.39 is 54.7 Å². The van der Waals surface area contributed by atoms with Crippen molar-refractivity contribution in [3.8, 4) is 0 Å². The van der Waals surface area contributed by atoms with E-state index in [1.807, 2.05) is 30.3 Å². The molecule has 0 spiro atoms. The minimum absolute atomic E-state index is 0.0247. The summed E-state index contributed by atoms with van der Waals surface area (Å²) in [5.74, 6) is -2.09.